The van der Waals surface area contributed by atoms with Crippen molar-refractivity contribution in [1.29, 1.82) is 0 Å². The highest BCUT2D eigenvalue weighted by Gasteiger charge is 2.35. The number of nitrogens with zero attached hydrogens (tertiary/aromatic N) is 3. The van der Waals surface area contributed by atoms with E-state index in [-0.39, 0.29) is 24.0 Å². The number of carbonyl (C=O) groups excluding carboxylic acids is 2. The van der Waals surface area contributed by atoms with Crippen LogP contribution in [0.1, 0.15) is 46.2 Å². The number of amides is 2. The zero-order valence-electron chi connectivity index (χ0n) is 15.4. The third-order valence-corrected chi connectivity index (χ3v) is 4.12. The summed E-state index contributed by atoms with van der Waals surface area (Å²) in [7, 11) is 1.78. The minimum atomic E-state index is -0.514. The molecule has 2 rings (SSSR count). The fourth-order valence-electron chi connectivity index (χ4n) is 2.88. The van der Waals surface area contributed by atoms with Crippen LogP contribution in [0.4, 0.5) is 10.6 Å². The number of aromatic nitrogens is 2. The maximum atomic E-state index is 12.6. The van der Waals surface area contributed by atoms with Crippen LogP contribution in [0.15, 0.2) is 6.07 Å². The number of rotatable bonds is 2. The highest BCUT2D eigenvalue weighted by Crippen LogP contribution is 2.25. The average Bonchev–Trinajstić information content (AvgIpc) is 2.75. The van der Waals surface area contributed by atoms with Gasteiger partial charge in [0.05, 0.1) is 11.6 Å². The van der Waals surface area contributed by atoms with Crippen molar-refractivity contribution in [3.05, 3.63) is 11.8 Å². The number of hydrogen-bond acceptors (Lipinski definition) is 4. The second-order valence-corrected chi connectivity index (χ2v) is 7.53. The Morgan fingerprint density at radius 2 is 2.00 bits per heavy atom. The van der Waals surface area contributed by atoms with Crippen molar-refractivity contribution in [3.8, 4) is 0 Å². The lowest BCUT2D eigenvalue weighted by Gasteiger charge is -2.37. The zero-order valence-corrected chi connectivity index (χ0v) is 15.4. The first-order valence-electron chi connectivity index (χ1n) is 8.38. The summed E-state index contributed by atoms with van der Waals surface area (Å²) in [6, 6.07) is 1.69. The SMILES string of the molecule is Cc1cc(NC(=O)N2C[C@@H](C(=O)OC(C)(C)C)CC[C@@H]2C)n(C)n1. The van der Waals surface area contributed by atoms with Crippen LogP contribution >= 0.6 is 0 Å². The molecular formula is C17H28N4O3. The smallest absolute Gasteiger partial charge is 0.323 e. The molecule has 134 valence electrons. The van der Waals surface area contributed by atoms with Crippen LogP contribution < -0.4 is 5.32 Å². The first-order chi connectivity index (χ1) is 11.1. The molecule has 0 unspecified atom stereocenters. The number of nitrogens with one attached hydrogen (secondary N) is 1. The summed E-state index contributed by atoms with van der Waals surface area (Å²) in [5.74, 6) is 0.132. The Kier molecular flexibility index (Phi) is 5.20. The number of piperidine rings is 1. The maximum absolute atomic E-state index is 12.6. The lowest BCUT2D eigenvalue weighted by Crippen LogP contribution is -2.50. The molecule has 0 spiro atoms. The quantitative estimate of drug-likeness (QED) is 0.843. The van der Waals surface area contributed by atoms with Crippen molar-refractivity contribution in [2.75, 3.05) is 11.9 Å². The molecule has 1 saturated heterocycles. The molecule has 7 heteroatoms. The zero-order chi connectivity index (χ0) is 18.1. The van der Waals surface area contributed by atoms with E-state index in [1.54, 1.807) is 16.6 Å². The highest BCUT2D eigenvalue weighted by molar-refractivity contribution is 5.89. The Labute approximate surface area is 143 Å². The number of likely N-dealkylation sites (tertiary alicyclic amines) is 1. The van der Waals surface area contributed by atoms with Crippen LogP contribution in [0.25, 0.3) is 0 Å². The van der Waals surface area contributed by atoms with E-state index in [4.69, 9.17) is 4.74 Å². The van der Waals surface area contributed by atoms with E-state index < -0.39 is 5.60 Å². The molecule has 2 amide bonds. The third kappa shape index (κ3) is 4.49. The number of ether oxygens (including phenoxy) is 1. The minimum Gasteiger partial charge on any atom is -0.460 e. The Morgan fingerprint density at radius 3 is 2.54 bits per heavy atom. The minimum absolute atomic E-state index is 0.0815. The molecular weight excluding hydrogens is 308 g/mol. The Morgan fingerprint density at radius 1 is 1.33 bits per heavy atom. The van der Waals surface area contributed by atoms with Gasteiger partial charge in [0.1, 0.15) is 11.4 Å². The number of urea groups is 1. The number of carbonyl (C=O) groups is 2. The van der Waals surface area contributed by atoms with E-state index in [1.807, 2.05) is 40.7 Å². The van der Waals surface area contributed by atoms with Gasteiger partial charge in [0, 0.05) is 25.7 Å². The normalized spacial score (nSPS) is 21.5. The number of hydrogen-bond donors (Lipinski definition) is 1. The van der Waals surface area contributed by atoms with E-state index in [1.165, 1.54) is 0 Å². The van der Waals surface area contributed by atoms with Crippen LogP contribution in [0.2, 0.25) is 0 Å². The van der Waals surface area contributed by atoms with E-state index in [0.717, 1.165) is 18.5 Å². The van der Waals surface area contributed by atoms with E-state index in [0.29, 0.717) is 12.4 Å². The van der Waals surface area contributed by atoms with Crippen LogP contribution in [-0.2, 0) is 16.6 Å². The van der Waals surface area contributed by atoms with Gasteiger partial charge in [-0.15, -0.1) is 0 Å². The topological polar surface area (TPSA) is 76.5 Å². The van der Waals surface area contributed by atoms with Gasteiger partial charge in [-0.3, -0.25) is 14.8 Å². The molecule has 0 bridgehead atoms. The second-order valence-electron chi connectivity index (χ2n) is 7.53. The summed E-state index contributed by atoms with van der Waals surface area (Å²) < 4.78 is 7.10. The van der Waals surface area contributed by atoms with Gasteiger partial charge in [0.15, 0.2) is 0 Å². The summed E-state index contributed by atoms with van der Waals surface area (Å²) in [5, 5.41) is 7.10. The van der Waals surface area contributed by atoms with Crippen molar-refractivity contribution in [1.82, 2.24) is 14.7 Å². The predicted molar refractivity (Wildman–Crippen MR) is 91.7 cm³/mol. The molecule has 24 heavy (non-hydrogen) atoms. The van der Waals surface area contributed by atoms with Crippen molar-refractivity contribution < 1.29 is 14.3 Å². The lowest BCUT2D eigenvalue weighted by molar-refractivity contribution is -0.161. The van der Waals surface area contributed by atoms with Gasteiger partial charge < -0.3 is 9.64 Å². The molecule has 0 saturated carbocycles. The van der Waals surface area contributed by atoms with Gasteiger partial charge in [-0.25, -0.2) is 4.79 Å². The fourth-order valence-corrected chi connectivity index (χ4v) is 2.88. The average molecular weight is 336 g/mol. The van der Waals surface area contributed by atoms with Gasteiger partial charge in [-0.05, 0) is 47.5 Å². The van der Waals surface area contributed by atoms with Gasteiger partial charge in [0.2, 0.25) is 0 Å². The predicted octanol–water partition coefficient (Wildman–Crippen LogP) is 2.70. The van der Waals surface area contributed by atoms with Crippen molar-refractivity contribution in [2.24, 2.45) is 13.0 Å². The number of aryl methyl sites for hydroxylation is 2. The molecule has 0 aromatic carbocycles. The Bertz CT molecular complexity index is 618. The second kappa shape index (κ2) is 6.83. The number of esters is 1. The van der Waals surface area contributed by atoms with Gasteiger partial charge in [0.25, 0.3) is 0 Å². The molecule has 1 aromatic heterocycles. The third-order valence-electron chi connectivity index (χ3n) is 4.12. The molecule has 2 heterocycles. The summed E-state index contributed by atoms with van der Waals surface area (Å²) in [6.07, 6.45) is 1.52. The van der Waals surface area contributed by atoms with E-state index >= 15 is 0 Å². The van der Waals surface area contributed by atoms with Gasteiger partial charge in [-0.1, -0.05) is 0 Å². The molecule has 2 atom stereocenters. The van der Waals surface area contributed by atoms with Crippen LogP contribution in [0, 0.1) is 12.8 Å². The molecule has 1 N–H and O–H groups in total. The largest absolute Gasteiger partial charge is 0.460 e. The lowest BCUT2D eigenvalue weighted by atomic mass is 9.93. The van der Waals surface area contributed by atoms with Crippen molar-refractivity contribution in [2.45, 2.75) is 59.1 Å². The van der Waals surface area contributed by atoms with E-state index in [2.05, 4.69) is 10.4 Å². The summed E-state index contributed by atoms with van der Waals surface area (Å²) in [6.45, 7) is 9.80. The van der Waals surface area contributed by atoms with Crippen LogP contribution in [0.3, 0.4) is 0 Å². The molecule has 1 fully saturated rings. The molecule has 1 aliphatic heterocycles. The van der Waals surface area contributed by atoms with Crippen LogP contribution in [0.5, 0.6) is 0 Å². The van der Waals surface area contributed by atoms with Gasteiger partial charge in [-0.2, -0.15) is 5.10 Å². The Hall–Kier alpha value is -2.05. The number of anilines is 1. The first kappa shape index (κ1) is 18.3. The van der Waals surface area contributed by atoms with Crippen LogP contribution in [-0.4, -0.2) is 44.9 Å². The van der Waals surface area contributed by atoms with Crippen molar-refractivity contribution in [3.63, 3.8) is 0 Å². The molecule has 7 nitrogen and oxygen atoms in total. The maximum Gasteiger partial charge on any atom is 0.323 e. The monoisotopic (exact) mass is 336 g/mol. The standard InChI is InChI=1S/C17H28N4O3/c1-11-9-14(20(6)19-11)18-16(23)21-10-13(8-7-12(21)2)15(22)24-17(3,4)5/h9,12-13H,7-8,10H2,1-6H3,(H,18,23)/t12-,13-/m0/s1. The van der Waals surface area contributed by atoms with Crippen molar-refractivity contribution >= 4 is 17.8 Å². The molecule has 1 aromatic rings. The first-order valence-corrected chi connectivity index (χ1v) is 8.38. The van der Waals surface area contributed by atoms with Gasteiger partial charge >= 0.3 is 12.0 Å². The Balaban J connectivity index is 2.03. The summed E-state index contributed by atoms with van der Waals surface area (Å²) in [5.41, 5.74) is 0.325. The highest BCUT2D eigenvalue weighted by atomic mass is 16.6. The van der Waals surface area contributed by atoms with E-state index in [9.17, 15) is 9.59 Å². The summed E-state index contributed by atoms with van der Waals surface area (Å²) >= 11 is 0. The molecule has 0 radical (unpaired) electrons. The molecule has 0 aliphatic carbocycles. The molecule has 1 aliphatic rings. The fraction of sp³-hybridized carbons (Fsp3) is 0.706. The summed E-state index contributed by atoms with van der Waals surface area (Å²) in [4.78, 5) is 26.6.